The second kappa shape index (κ2) is 10.5. The molecule has 1 N–H and O–H groups in total. The molecule has 178 valence electrons. The van der Waals surface area contributed by atoms with Crippen molar-refractivity contribution in [3.8, 4) is 0 Å². The van der Waals surface area contributed by atoms with Gasteiger partial charge in [0.2, 0.25) is 17.7 Å². The summed E-state index contributed by atoms with van der Waals surface area (Å²) in [5.74, 6) is -0.619. The SMILES string of the molecule is CC(=O)N1C=Cc2ccccc2C1CC(=O)N(C)CC(=O)Nc1ccc(N2CCOCC2)cc1. The van der Waals surface area contributed by atoms with Crippen LogP contribution < -0.4 is 10.2 Å². The standard InChI is InChI=1S/C26H30N4O4/c1-19(31)30-12-11-20-5-3-4-6-23(20)24(30)17-26(33)28(2)18-25(32)27-21-7-9-22(10-8-21)29-13-15-34-16-14-29/h3-12,24H,13-18H2,1-2H3,(H,27,32). The highest BCUT2D eigenvalue weighted by atomic mass is 16.5. The Kier molecular flexibility index (Phi) is 7.27. The largest absolute Gasteiger partial charge is 0.378 e. The number of nitrogens with one attached hydrogen (secondary N) is 1. The first-order valence-corrected chi connectivity index (χ1v) is 11.4. The number of ether oxygens (including phenoxy) is 1. The summed E-state index contributed by atoms with van der Waals surface area (Å²) in [6.07, 6.45) is 3.69. The van der Waals surface area contributed by atoms with E-state index in [-0.39, 0.29) is 30.7 Å². The highest BCUT2D eigenvalue weighted by molar-refractivity contribution is 5.94. The van der Waals surface area contributed by atoms with Crippen LogP contribution in [0.15, 0.2) is 54.7 Å². The Balaban J connectivity index is 1.34. The van der Waals surface area contributed by atoms with Crippen molar-refractivity contribution in [3.05, 3.63) is 65.9 Å². The number of amides is 3. The lowest BCUT2D eigenvalue weighted by Crippen LogP contribution is -2.39. The molecule has 2 aliphatic heterocycles. The van der Waals surface area contributed by atoms with Crippen molar-refractivity contribution in [2.24, 2.45) is 0 Å². The van der Waals surface area contributed by atoms with Gasteiger partial charge in [0.05, 0.1) is 32.2 Å². The topological polar surface area (TPSA) is 82.2 Å². The van der Waals surface area contributed by atoms with Crippen LogP contribution in [0.4, 0.5) is 11.4 Å². The molecule has 1 saturated heterocycles. The summed E-state index contributed by atoms with van der Waals surface area (Å²) in [6, 6.07) is 15.0. The van der Waals surface area contributed by atoms with Gasteiger partial charge in [0, 0.05) is 44.6 Å². The van der Waals surface area contributed by atoms with E-state index in [1.807, 2.05) is 54.6 Å². The molecule has 0 saturated carbocycles. The smallest absolute Gasteiger partial charge is 0.243 e. The molecule has 1 atom stereocenters. The molecular weight excluding hydrogens is 432 g/mol. The molecule has 34 heavy (non-hydrogen) atoms. The molecule has 2 heterocycles. The Morgan fingerprint density at radius 1 is 1.06 bits per heavy atom. The first-order chi connectivity index (χ1) is 16.4. The van der Waals surface area contributed by atoms with Gasteiger partial charge in [-0.1, -0.05) is 24.3 Å². The third-order valence-electron chi connectivity index (χ3n) is 6.17. The number of hydrogen-bond donors (Lipinski definition) is 1. The van der Waals surface area contributed by atoms with E-state index in [0.717, 1.165) is 29.9 Å². The van der Waals surface area contributed by atoms with Crippen molar-refractivity contribution in [2.75, 3.05) is 50.1 Å². The molecule has 0 aromatic heterocycles. The highest BCUT2D eigenvalue weighted by Gasteiger charge is 2.29. The fourth-order valence-corrected chi connectivity index (χ4v) is 4.32. The molecule has 3 amide bonds. The van der Waals surface area contributed by atoms with Crippen molar-refractivity contribution in [1.82, 2.24) is 9.80 Å². The zero-order chi connectivity index (χ0) is 24.1. The molecule has 2 aliphatic rings. The molecule has 0 radical (unpaired) electrons. The van der Waals surface area contributed by atoms with E-state index in [1.54, 1.807) is 18.1 Å². The number of carbonyl (C=O) groups excluding carboxylic acids is 3. The Morgan fingerprint density at radius 3 is 2.47 bits per heavy atom. The Morgan fingerprint density at radius 2 is 1.76 bits per heavy atom. The summed E-state index contributed by atoms with van der Waals surface area (Å²) in [4.78, 5) is 42.9. The summed E-state index contributed by atoms with van der Waals surface area (Å²) in [7, 11) is 1.60. The lowest BCUT2D eigenvalue weighted by molar-refractivity contribution is -0.136. The van der Waals surface area contributed by atoms with Gasteiger partial charge < -0.3 is 24.8 Å². The highest BCUT2D eigenvalue weighted by Crippen LogP contribution is 2.33. The average Bonchev–Trinajstić information content (AvgIpc) is 2.85. The number of carbonyl (C=O) groups is 3. The van der Waals surface area contributed by atoms with Crippen LogP contribution in [0.1, 0.15) is 30.5 Å². The molecule has 0 bridgehead atoms. The Bertz CT molecular complexity index is 1080. The molecule has 1 fully saturated rings. The van der Waals surface area contributed by atoms with Crippen LogP contribution in [0, 0.1) is 0 Å². The van der Waals surface area contributed by atoms with Crippen molar-refractivity contribution in [1.29, 1.82) is 0 Å². The van der Waals surface area contributed by atoms with E-state index in [4.69, 9.17) is 4.74 Å². The average molecular weight is 463 g/mol. The van der Waals surface area contributed by atoms with E-state index in [9.17, 15) is 14.4 Å². The second-order valence-electron chi connectivity index (χ2n) is 8.54. The Labute approximate surface area is 199 Å². The van der Waals surface area contributed by atoms with E-state index < -0.39 is 6.04 Å². The predicted molar refractivity (Wildman–Crippen MR) is 131 cm³/mol. The van der Waals surface area contributed by atoms with E-state index in [0.29, 0.717) is 18.9 Å². The van der Waals surface area contributed by atoms with Crippen LogP contribution in [-0.2, 0) is 19.1 Å². The Hall–Kier alpha value is -3.65. The van der Waals surface area contributed by atoms with Gasteiger partial charge in [-0.3, -0.25) is 14.4 Å². The number of morpholine rings is 1. The van der Waals surface area contributed by atoms with E-state index in [1.165, 1.54) is 11.8 Å². The molecule has 2 aromatic carbocycles. The van der Waals surface area contributed by atoms with Crippen molar-refractivity contribution >= 4 is 35.2 Å². The zero-order valence-electron chi connectivity index (χ0n) is 19.6. The molecule has 8 nitrogen and oxygen atoms in total. The van der Waals surface area contributed by atoms with Gasteiger partial charge in [0.1, 0.15) is 0 Å². The minimum atomic E-state index is -0.399. The molecular formula is C26H30N4O4. The monoisotopic (exact) mass is 462 g/mol. The van der Waals surface area contributed by atoms with Crippen molar-refractivity contribution in [3.63, 3.8) is 0 Å². The molecule has 2 aromatic rings. The minimum absolute atomic E-state index is 0.0751. The predicted octanol–water partition coefficient (Wildman–Crippen LogP) is 2.88. The molecule has 0 spiro atoms. The number of benzene rings is 2. The van der Waals surface area contributed by atoms with Crippen LogP contribution in [0.3, 0.4) is 0 Å². The fourth-order valence-electron chi connectivity index (χ4n) is 4.32. The first-order valence-electron chi connectivity index (χ1n) is 11.4. The lowest BCUT2D eigenvalue weighted by Gasteiger charge is -2.33. The van der Waals surface area contributed by atoms with Gasteiger partial charge in [-0.25, -0.2) is 0 Å². The minimum Gasteiger partial charge on any atom is -0.378 e. The number of rotatable bonds is 6. The van der Waals surface area contributed by atoms with Crippen LogP contribution >= 0.6 is 0 Å². The van der Waals surface area contributed by atoms with E-state index in [2.05, 4.69) is 10.2 Å². The summed E-state index contributed by atoms with van der Waals surface area (Å²) in [5, 5.41) is 2.85. The van der Waals surface area contributed by atoms with Gasteiger partial charge in [-0.15, -0.1) is 0 Å². The van der Waals surface area contributed by atoms with E-state index >= 15 is 0 Å². The summed E-state index contributed by atoms with van der Waals surface area (Å²) >= 11 is 0. The number of fused-ring (bicyclic) bond motifs is 1. The van der Waals surface area contributed by atoms with Crippen LogP contribution in [0.5, 0.6) is 0 Å². The normalized spacial score (nSPS) is 17.2. The summed E-state index contributed by atoms with van der Waals surface area (Å²) < 4.78 is 5.38. The molecule has 0 aliphatic carbocycles. The molecule has 1 unspecified atom stereocenters. The number of nitrogens with zero attached hydrogens (tertiary/aromatic N) is 3. The van der Waals surface area contributed by atoms with Gasteiger partial charge >= 0.3 is 0 Å². The van der Waals surface area contributed by atoms with Gasteiger partial charge in [0.15, 0.2) is 0 Å². The lowest BCUT2D eigenvalue weighted by atomic mass is 9.93. The fraction of sp³-hybridized carbons (Fsp3) is 0.346. The third kappa shape index (κ3) is 5.46. The van der Waals surface area contributed by atoms with Crippen molar-refractivity contribution in [2.45, 2.75) is 19.4 Å². The molecule has 4 rings (SSSR count). The van der Waals surface area contributed by atoms with Gasteiger partial charge in [0.25, 0.3) is 0 Å². The zero-order valence-corrected chi connectivity index (χ0v) is 19.6. The maximum atomic E-state index is 13.0. The third-order valence-corrected chi connectivity index (χ3v) is 6.17. The maximum absolute atomic E-state index is 13.0. The number of hydrogen-bond acceptors (Lipinski definition) is 5. The van der Waals surface area contributed by atoms with Gasteiger partial charge in [-0.2, -0.15) is 0 Å². The second-order valence-corrected chi connectivity index (χ2v) is 8.54. The molecule has 8 heteroatoms. The van der Waals surface area contributed by atoms with Crippen LogP contribution in [0.2, 0.25) is 0 Å². The van der Waals surface area contributed by atoms with Gasteiger partial charge in [-0.05, 0) is 41.5 Å². The van der Waals surface area contributed by atoms with Crippen LogP contribution in [-0.4, -0.2) is 67.4 Å². The van der Waals surface area contributed by atoms with Crippen molar-refractivity contribution < 1.29 is 19.1 Å². The quantitative estimate of drug-likeness (QED) is 0.714. The number of anilines is 2. The number of likely N-dealkylation sites (N-methyl/N-ethyl adjacent to an activating group) is 1. The summed E-state index contributed by atoms with van der Waals surface area (Å²) in [5.41, 5.74) is 3.67. The first kappa shape index (κ1) is 23.5. The summed E-state index contributed by atoms with van der Waals surface area (Å²) in [6.45, 7) is 4.53. The maximum Gasteiger partial charge on any atom is 0.243 e. The van der Waals surface area contributed by atoms with Crippen LogP contribution in [0.25, 0.3) is 6.08 Å².